The van der Waals surface area contributed by atoms with Crippen molar-refractivity contribution in [2.45, 2.75) is 32.7 Å². The Balaban J connectivity index is 1.34. The monoisotopic (exact) mass is 433 g/mol. The van der Waals surface area contributed by atoms with Gasteiger partial charge in [-0.15, -0.1) is 0 Å². The number of aromatic nitrogens is 3. The zero-order valence-electron chi connectivity index (χ0n) is 17.8. The lowest BCUT2D eigenvalue weighted by Gasteiger charge is -2.19. The smallest absolute Gasteiger partial charge is 0.261 e. The third kappa shape index (κ3) is 4.27. The van der Waals surface area contributed by atoms with E-state index in [0.29, 0.717) is 29.3 Å². The van der Waals surface area contributed by atoms with Crippen LogP contribution in [0.25, 0.3) is 11.4 Å². The van der Waals surface area contributed by atoms with Gasteiger partial charge in [0.1, 0.15) is 6.04 Å². The Labute approximate surface area is 184 Å². The van der Waals surface area contributed by atoms with Crippen molar-refractivity contribution in [2.75, 3.05) is 6.54 Å². The van der Waals surface area contributed by atoms with Crippen LogP contribution in [-0.4, -0.2) is 44.3 Å². The molecule has 0 aliphatic carbocycles. The highest BCUT2D eigenvalue weighted by atomic mass is 16.5. The third-order valence-electron chi connectivity index (χ3n) is 5.29. The summed E-state index contributed by atoms with van der Waals surface area (Å²) in [6, 6.07) is 9.83. The maximum atomic E-state index is 12.6. The fourth-order valence-corrected chi connectivity index (χ4v) is 3.58. The number of pyridine rings is 1. The number of nitrogens with one attached hydrogen (secondary N) is 1. The second-order valence-electron chi connectivity index (χ2n) is 7.89. The first-order chi connectivity index (χ1) is 15.5. The number of hydrogen-bond acceptors (Lipinski definition) is 7. The van der Waals surface area contributed by atoms with Crippen molar-refractivity contribution < 1.29 is 18.9 Å². The molecule has 164 valence electrons. The van der Waals surface area contributed by atoms with Crippen LogP contribution in [0.1, 0.15) is 59.3 Å². The van der Waals surface area contributed by atoms with Gasteiger partial charge in [0.05, 0.1) is 11.1 Å². The standard InChI is InChI=1S/C23H23N5O4/c1-14(2)19(21-26-20(27-32-21)15-9-11-24-12-10-15)25-18(29)8-5-13-28-22(30)16-6-3-4-7-17(16)23(28)31/h3-4,6-7,9-12,14,19H,5,8,13H2,1-2H3,(H,25,29). The van der Waals surface area contributed by atoms with Gasteiger partial charge in [-0.2, -0.15) is 4.98 Å². The van der Waals surface area contributed by atoms with E-state index in [1.165, 1.54) is 4.90 Å². The average Bonchev–Trinajstić information content (AvgIpc) is 3.38. The van der Waals surface area contributed by atoms with Crippen LogP contribution in [0.4, 0.5) is 0 Å². The first-order valence-electron chi connectivity index (χ1n) is 10.4. The number of nitrogens with zero attached hydrogens (tertiary/aromatic N) is 4. The number of carbonyl (C=O) groups excluding carboxylic acids is 3. The van der Waals surface area contributed by atoms with Crippen molar-refractivity contribution in [3.63, 3.8) is 0 Å². The quantitative estimate of drug-likeness (QED) is 0.543. The molecule has 2 aromatic heterocycles. The number of imide groups is 1. The molecule has 0 spiro atoms. The van der Waals surface area contributed by atoms with Crippen LogP contribution < -0.4 is 5.32 Å². The van der Waals surface area contributed by atoms with Crippen molar-refractivity contribution >= 4 is 17.7 Å². The number of carbonyl (C=O) groups is 3. The highest BCUT2D eigenvalue weighted by molar-refractivity contribution is 6.21. The summed E-state index contributed by atoms with van der Waals surface area (Å²) in [6.45, 7) is 4.07. The van der Waals surface area contributed by atoms with Crippen molar-refractivity contribution in [2.24, 2.45) is 5.92 Å². The molecule has 32 heavy (non-hydrogen) atoms. The molecule has 1 aliphatic heterocycles. The Hall–Kier alpha value is -3.88. The zero-order chi connectivity index (χ0) is 22.7. The number of fused-ring (bicyclic) bond motifs is 1. The van der Waals surface area contributed by atoms with Crippen molar-refractivity contribution in [1.29, 1.82) is 0 Å². The molecule has 4 rings (SSSR count). The molecule has 9 nitrogen and oxygen atoms in total. The largest absolute Gasteiger partial charge is 0.344 e. The minimum atomic E-state index is -0.454. The van der Waals surface area contributed by atoms with E-state index in [4.69, 9.17) is 4.52 Å². The molecule has 0 saturated heterocycles. The Bertz CT molecular complexity index is 1110. The van der Waals surface area contributed by atoms with E-state index in [9.17, 15) is 14.4 Å². The predicted octanol–water partition coefficient (Wildman–Crippen LogP) is 3.02. The van der Waals surface area contributed by atoms with Crippen LogP contribution in [0.15, 0.2) is 53.3 Å². The summed E-state index contributed by atoms with van der Waals surface area (Å²) in [5.41, 5.74) is 1.58. The van der Waals surface area contributed by atoms with Crippen LogP contribution in [0.2, 0.25) is 0 Å². The Morgan fingerprint density at radius 3 is 2.34 bits per heavy atom. The zero-order valence-corrected chi connectivity index (χ0v) is 17.8. The molecule has 3 heterocycles. The molecular weight excluding hydrogens is 410 g/mol. The highest BCUT2D eigenvalue weighted by Crippen LogP contribution is 2.24. The van der Waals surface area contributed by atoms with Gasteiger partial charge in [-0.1, -0.05) is 31.1 Å². The lowest BCUT2D eigenvalue weighted by Crippen LogP contribution is -2.34. The lowest BCUT2D eigenvalue weighted by molar-refractivity contribution is -0.122. The molecule has 1 aromatic carbocycles. The normalized spacial score (nSPS) is 14.0. The average molecular weight is 433 g/mol. The summed E-state index contributed by atoms with van der Waals surface area (Å²) in [4.78, 5) is 47.0. The third-order valence-corrected chi connectivity index (χ3v) is 5.29. The Morgan fingerprint density at radius 1 is 1.06 bits per heavy atom. The number of benzene rings is 1. The molecule has 1 unspecified atom stereocenters. The first-order valence-corrected chi connectivity index (χ1v) is 10.4. The number of rotatable bonds is 8. The molecule has 0 radical (unpaired) electrons. The van der Waals surface area contributed by atoms with Crippen LogP contribution in [-0.2, 0) is 4.79 Å². The summed E-state index contributed by atoms with van der Waals surface area (Å²) in [7, 11) is 0. The summed E-state index contributed by atoms with van der Waals surface area (Å²) in [5.74, 6) is -0.0977. The summed E-state index contributed by atoms with van der Waals surface area (Å²) in [5, 5.41) is 6.93. The first kappa shape index (κ1) is 21.4. The van der Waals surface area contributed by atoms with Gasteiger partial charge in [-0.05, 0) is 36.6 Å². The number of hydrogen-bond donors (Lipinski definition) is 1. The van der Waals surface area contributed by atoms with Gasteiger partial charge in [0.15, 0.2) is 0 Å². The molecule has 9 heteroatoms. The van der Waals surface area contributed by atoms with Crippen LogP contribution in [0.5, 0.6) is 0 Å². The van der Waals surface area contributed by atoms with Gasteiger partial charge in [0, 0.05) is 30.9 Å². The van der Waals surface area contributed by atoms with Gasteiger partial charge in [0.25, 0.3) is 11.8 Å². The van der Waals surface area contributed by atoms with Crippen molar-refractivity contribution in [1.82, 2.24) is 25.3 Å². The summed E-state index contributed by atoms with van der Waals surface area (Å²) in [6.07, 6.45) is 3.79. The van der Waals surface area contributed by atoms with Crippen LogP contribution in [0, 0.1) is 5.92 Å². The summed E-state index contributed by atoms with van der Waals surface area (Å²) < 4.78 is 5.40. The predicted molar refractivity (Wildman–Crippen MR) is 114 cm³/mol. The Morgan fingerprint density at radius 2 is 1.72 bits per heavy atom. The van der Waals surface area contributed by atoms with Crippen LogP contribution >= 0.6 is 0 Å². The van der Waals surface area contributed by atoms with E-state index in [2.05, 4.69) is 20.4 Å². The molecule has 1 N–H and O–H groups in total. The molecule has 3 aromatic rings. The maximum Gasteiger partial charge on any atom is 0.261 e. The van der Waals surface area contributed by atoms with E-state index in [1.807, 2.05) is 13.8 Å². The molecule has 0 saturated carbocycles. The molecule has 1 aliphatic rings. The van der Waals surface area contributed by atoms with Gasteiger partial charge in [-0.25, -0.2) is 0 Å². The van der Waals surface area contributed by atoms with Gasteiger partial charge < -0.3 is 9.84 Å². The SMILES string of the molecule is CC(C)C(NC(=O)CCCN1C(=O)c2ccccc2C1=O)c1nc(-c2ccncc2)no1. The fraction of sp³-hybridized carbons (Fsp3) is 0.304. The van der Waals surface area contributed by atoms with Crippen LogP contribution in [0.3, 0.4) is 0 Å². The molecular formula is C23H23N5O4. The van der Waals surface area contributed by atoms with Gasteiger partial charge in [0.2, 0.25) is 17.6 Å². The number of amides is 3. The lowest BCUT2D eigenvalue weighted by atomic mass is 10.0. The van der Waals surface area contributed by atoms with E-state index in [0.717, 1.165) is 5.56 Å². The van der Waals surface area contributed by atoms with E-state index in [1.54, 1.807) is 48.8 Å². The highest BCUT2D eigenvalue weighted by Gasteiger charge is 2.34. The molecule has 0 bridgehead atoms. The van der Waals surface area contributed by atoms with E-state index in [-0.39, 0.29) is 36.6 Å². The van der Waals surface area contributed by atoms with E-state index < -0.39 is 6.04 Å². The topological polar surface area (TPSA) is 118 Å². The van der Waals surface area contributed by atoms with Crippen molar-refractivity contribution in [3.05, 3.63) is 65.8 Å². The molecule has 3 amide bonds. The second kappa shape index (κ2) is 9.09. The minimum absolute atomic E-state index is 0.0147. The van der Waals surface area contributed by atoms with Gasteiger partial charge in [-0.3, -0.25) is 24.3 Å². The maximum absolute atomic E-state index is 12.6. The second-order valence-corrected chi connectivity index (χ2v) is 7.89. The minimum Gasteiger partial charge on any atom is -0.344 e. The van der Waals surface area contributed by atoms with E-state index >= 15 is 0 Å². The molecule has 1 atom stereocenters. The van der Waals surface area contributed by atoms with Crippen molar-refractivity contribution in [3.8, 4) is 11.4 Å². The fourth-order valence-electron chi connectivity index (χ4n) is 3.58. The Kier molecular flexibility index (Phi) is 6.07. The molecule has 0 fully saturated rings. The summed E-state index contributed by atoms with van der Waals surface area (Å²) >= 11 is 0. The van der Waals surface area contributed by atoms with Gasteiger partial charge >= 0.3 is 0 Å².